The third-order valence-corrected chi connectivity index (χ3v) is 3.58. The minimum absolute atomic E-state index is 0.107. The Balaban J connectivity index is 2.21. The molecule has 0 aliphatic carbocycles. The predicted octanol–water partition coefficient (Wildman–Crippen LogP) is 3.46. The van der Waals surface area contributed by atoms with E-state index in [0.29, 0.717) is 5.56 Å². The highest BCUT2D eigenvalue weighted by Crippen LogP contribution is 2.45. The summed E-state index contributed by atoms with van der Waals surface area (Å²) in [5.41, 5.74) is 0.483. The van der Waals surface area contributed by atoms with Gasteiger partial charge < -0.3 is 5.11 Å². The van der Waals surface area contributed by atoms with Gasteiger partial charge in [-0.05, 0) is 24.6 Å². The summed E-state index contributed by atoms with van der Waals surface area (Å²) < 4.78 is 62.8. The lowest BCUT2D eigenvalue weighted by Gasteiger charge is -2.15. The van der Waals surface area contributed by atoms with Gasteiger partial charge in [0.15, 0.2) is 5.01 Å². The Hall–Kier alpha value is -2.30. The summed E-state index contributed by atoms with van der Waals surface area (Å²) >= 11 is -0.107. The van der Waals surface area contributed by atoms with Gasteiger partial charge in [0.2, 0.25) is 5.13 Å². The number of anilines is 1. The molecule has 0 spiro atoms. The Morgan fingerprint density at radius 1 is 1.22 bits per heavy atom. The fourth-order valence-corrected chi connectivity index (χ4v) is 2.25. The molecule has 5 nitrogen and oxygen atoms in total. The Morgan fingerprint density at radius 2 is 1.87 bits per heavy atom. The Kier molecular flexibility index (Phi) is 4.24. The zero-order valence-corrected chi connectivity index (χ0v) is 12.1. The normalized spacial score (nSPS) is 12.3. The smallest absolute Gasteiger partial charge is 0.460 e. The summed E-state index contributed by atoms with van der Waals surface area (Å²) in [6.07, 6.45) is -5.82. The fraction of sp³-hybridized carbons (Fsp3) is 0.250. The first kappa shape index (κ1) is 17.1. The van der Waals surface area contributed by atoms with Crippen LogP contribution in [-0.2, 0) is 5.92 Å². The molecule has 124 valence electrons. The van der Waals surface area contributed by atoms with E-state index >= 15 is 0 Å². The van der Waals surface area contributed by atoms with Gasteiger partial charge in [0.25, 0.3) is 5.91 Å². The van der Waals surface area contributed by atoms with Crippen molar-refractivity contribution in [1.29, 1.82) is 0 Å². The number of aromatic nitrogens is 2. The van der Waals surface area contributed by atoms with E-state index in [1.54, 1.807) is 6.92 Å². The standard InChI is InChI=1S/C12H8F5N3O2S/c1-5-2-3-6(7(21)4-5)8(22)18-10-20-19-9(23-10)11(13,14)12(15,16)17/h2-4,21H,1H3,(H,18,20,22). The van der Waals surface area contributed by atoms with Crippen molar-refractivity contribution in [3.05, 3.63) is 34.3 Å². The van der Waals surface area contributed by atoms with Crippen LogP contribution in [0.2, 0.25) is 0 Å². The van der Waals surface area contributed by atoms with Gasteiger partial charge in [-0.2, -0.15) is 22.0 Å². The van der Waals surface area contributed by atoms with Crippen LogP contribution >= 0.6 is 11.3 Å². The summed E-state index contributed by atoms with van der Waals surface area (Å²) in [6, 6.07) is 4.07. The van der Waals surface area contributed by atoms with E-state index in [-0.39, 0.29) is 22.6 Å². The number of nitrogens with zero attached hydrogens (tertiary/aromatic N) is 2. The van der Waals surface area contributed by atoms with Crippen molar-refractivity contribution < 1.29 is 31.9 Å². The van der Waals surface area contributed by atoms with Crippen molar-refractivity contribution in [1.82, 2.24) is 10.2 Å². The Bertz CT molecular complexity index is 745. The van der Waals surface area contributed by atoms with Crippen LogP contribution < -0.4 is 5.32 Å². The van der Waals surface area contributed by atoms with Crippen molar-refractivity contribution in [3.8, 4) is 5.75 Å². The zero-order chi connectivity index (χ0) is 17.4. The third kappa shape index (κ3) is 3.38. The maximum Gasteiger partial charge on any atom is 0.460 e. The molecule has 2 aromatic rings. The van der Waals surface area contributed by atoms with Gasteiger partial charge in [-0.3, -0.25) is 10.1 Å². The van der Waals surface area contributed by atoms with E-state index in [9.17, 15) is 31.9 Å². The zero-order valence-electron chi connectivity index (χ0n) is 11.3. The molecule has 0 radical (unpaired) electrons. The number of halogens is 5. The Labute approximate surface area is 129 Å². The van der Waals surface area contributed by atoms with Crippen molar-refractivity contribution >= 4 is 22.4 Å². The van der Waals surface area contributed by atoms with Crippen LogP contribution in [0.1, 0.15) is 20.9 Å². The molecular weight excluding hydrogens is 345 g/mol. The number of amides is 1. The SMILES string of the molecule is Cc1ccc(C(=O)Nc2nnc(C(F)(F)C(F)(F)F)s2)c(O)c1. The molecule has 1 aromatic heterocycles. The number of carbonyl (C=O) groups is 1. The number of carbonyl (C=O) groups excluding carboxylic acids is 1. The number of hydrogen-bond acceptors (Lipinski definition) is 5. The average Bonchev–Trinajstić information content (AvgIpc) is 2.86. The van der Waals surface area contributed by atoms with Crippen LogP contribution in [0.3, 0.4) is 0 Å². The molecule has 0 unspecified atom stereocenters. The number of aromatic hydroxyl groups is 1. The van der Waals surface area contributed by atoms with Crippen molar-refractivity contribution in [2.45, 2.75) is 19.0 Å². The minimum Gasteiger partial charge on any atom is -0.507 e. The molecule has 11 heteroatoms. The molecule has 0 saturated heterocycles. The molecule has 1 amide bonds. The first-order valence-electron chi connectivity index (χ1n) is 5.92. The highest BCUT2D eigenvalue weighted by Gasteiger charge is 2.61. The second-order valence-electron chi connectivity index (χ2n) is 4.46. The van der Waals surface area contributed by atoms with Gasteiger partial charge in [0, 0.05) is 0 Å². The third-order valence-electron chi connectivity index (χ3n) is 2.67. The summed E-state index contributed by atoms with van der Waals surface area (Å²) in [5.74, 6) is -6.45. The summed E-state index contributed by atoms with van der Waals surface area (Å²) in [7, 11) is 0. The van der Waals surface area contributed by atoms with Gasteiger partial charge in [-0.15, -0.1) is 10.2 Å². The van der Waals surface area contributed by atoms with E-state index in [1.165, 1.54) is 18.2 Å². The first-order valence-corrected chi connectivity index (χ1v) is 6.73. The predicted molar refractivity (Wildman–Crippen MR) is 70.7 cm³/mol. The van der Waals surface area contributed by atoms with Crippen LogP contribution in [0.15, 0.2) is 18.2 Å². The number of hydrogen-bond donors (Lipinski definition) is 2. The Morgan fingerprint density at radius 3 is 2.43 bits per heavy atom. The highest BCUT2D eigenvalue weighted by atomic mass is 32.1. The lowest BCUT2D eigenvalue weighted by atomic mass is 10.1. The number of nitrogens with one attached hydrogen (secondary N) is 1. The van der Waals surface area contributed by atoms with Gasteiger partial charge >= 0.3 is 12.1 Å². The quantitative estimate of drug-likeness (QED) is 0.829. The summed E-state index contributed by atoms with van der Waals surface area (Å²) in [4.78, 5) is 11.9. The molecule has 2 rings (SSSR count). The molecule has 0 aliphatic heterocycles. The lowest BCUT2D eigenvalue weighted by Crippen LogP contribution is -2.33. The van der Waals surface area contributed by atoms with Crippen LogP contribution in [0.25, 0.3) is 0 Å². The van der Waals surface area contributed by atoms with Crippen LogP contribution in [-0.4, -0.2) is 27.4 Å². The molecule has 0 atom stereocenters. The van der Waals surface area contributed by atoms with Crippen LogP contribution in [0.5, 0.6) is 5.75 Å². The second kappa shape index (κ2) is 5.72. The molecule has 23 heavy (non-hydrogen) atoms. The summed E-state index contributed by atoms with van der Waals surface area (Å²) in [5, 5.41) is 15.3. The number of benzene rings is 1. The maximum absolute atomic E-state index is 13.1. The molecule has 2 N–H and O–H groups in total. The molecule has 0 aliphatic rings. The molecule has 1 heterocycles. The van der Waals surface area contributed by atoms with E-state index in [0.717, 1.165) is 0 Å². The topological polar surface area (TPSA) is 75.1 Å². The van der Waals surface area contributed by atoms with E-state index < -0.39 is 28.1 Å². The average molecular weight is 353 g/mol. The van der Waals surface area contributed by atoms with Crippen molar-refractivity contribution in [3.63, 3.8) is 0 Å². The second-order valence-corrected chi connectivity index (χ2v) is 5.44. The van der Waals surface area contributed by atoms with Gasteiger partial charge in [-0.1, -0.05) is 17.4 Å². The van der Waals surface area contributed by atoms with Crippen LogP contribution in [0.4, 0.5) is 27.1 Å². The molecule has 0 bridgehead atoms. The number of alkyl halides is 5. The molecule has 0 saturated carbocycles. The van der Waals surface area contributed by atoms with Crippen molar-refractivity contribution in [2.24, 2.45) is 0 Å². The first-order chi connectivity index (χ1) is 10.5. The summed E-state index contributed by atoms with van der Waals surface area (Å²) in [6.45, 7) is 1.66. The molecular formula is C12H8F5N3O2S. The van der Waals surface area contributed by atoms with Gasteiger partial charge in [-0.25, -0.2) is 0 Å². The maximum atomic E-state index is 13.1. The van der Waals surface area contributed by atoms with Crippen LogP contribution in [0, 0.1) is 6.92 Å². The molecule has 0 fully saturated rings. The van der Waals surface area contributed by atoms with Gasteiger partial charge in [0.05, 0.1) is 5.56 Å². The number of rotatable bonds is 3. The van der Waals surface area contributed by atoms with E-state index in [1.807, 2.05) is 5.32 Å². The van der Waals surface area contributed by atoms with Crippen molar-refractivity contribution in [2.75, 3.05) is 5.32 Å². The number of aryl methyl sites for hydroxylation is 1. The fourth-order valence-electron chi connectivity index (χ4n) is 1.52. The highest BCUT2D eigenvalue weighted by molar-refractivity contribution is 7.15. The number of phenols is 1. The van der Waals surface area contributed by atoms with Gasteiger partial charge in [0.1, 0.15) is 5.75 Å². The molecule has 1 aromatic carbocycles. The van der Waals surface area contributed by atoms with E-state index in [4.69, 9.17) is 0 Å². The number of phenolic OH excluding ortho intramolecular Hbond substituents is 1. The minimum atomic E-state index is -5.82. The lowest BCUT2D eigenvalue weighted by molar-refractivity contribution is -0.289. The monoisotopic (exact) mass is 353 g/mol. The van der Waals surface area contributed by atoms with E-state index in [2.05, 4.69) is 10.2 Å². The largest absolute Gasteiger partial charge is 0.507 e.